The van der Waals surface area contributed by atoms with Crippen LogP contribution >= 0.6 is 11.8 Å². The van der Waals surface area contributed by atoms with E-state index < -0.39 is 0 Å². The Hall–Kier alpha value is -2.20. The largest absolute Gasteiger partial charge is 0.478 e. The van der Waals surface area contributed by atoms with Gasteiger partial charge in [0.25, 0.3) is 5.56 Å². The molecule has 0 spiro atoms. The van der Waals surface area contributed by atoms with Gasteiger partial charge in [0, 0.05) is 23.8 Å². The van der Waals surface area contributed by atoms with Gasteiger partial charge in [0.2, 0.25) is 0 Å². The van der Waals surface area contributed by atoms with E-state index in [0.717, 1.165) is 27.1 Å². The summed E-state index contributed by atoms with van der Waals surface area (Å²) < 4.78 is 7.82. The van der Waals surface area contributed by atoms with Crippen molar-refractivity contribution in [3.63, 3.8) is 0 Å². The smallest absolute Gasteiger partial charge is 0.257 e. The normalized spacial score (nSPS) is 16.5. The number of benzene rings is 2. The number of fused-ring (bicyclic) bond motifs is 3. The Balaban J connectivity index is 1.76. The number of nitrogens with zero attached hydrogens (tertiary/aromatic N) is 1. The number of aryl methyl sites for hydroxylation is 1. The number of hydrogen-bond acceptors (Lipinski definition) is 3. The first-order valence-electron chi connectivity index (χ1n) is 7.23. The number of para-hydroxylation sites is 1. The van der Waals surface area contributed by atoms with Gasteiger partial charge in [0.1, 0.15) is 5.75 Å². The van der Waals surface area contributed by atoms with Crippen LogP contribution in [0.5, 0.6) is 5.75 Å². The van der Waals surface area contributed by atoms with Crippen LogP contribution in [0, 0.1) is 0 Å². The minimum absolute atomic E-state index is 0.0455. The molecular formula is C18H15NO2S. The van der Waals surface area contributed by atoms with E-state index in [-0.39, 0.29) is 11.0 Å². The molecule has 0 saturated heterocycles. The Bertz CT molecular complexity index is 902. The van der Waals surface area contributed by atoms with Gasteiger partial charge in [-0.1, -0.05) is 42.1 Å². The highest BCUT2D eigenvalue weighted by Crippen LogP contribution is 2.39. The SMILES string of the molecule is Cn1c(=O)c2c(c3ccccc31)OC(Sc1ccccc1)C2. The summed E-state index contributed by atoms with van der Waals surface area (Å²) >= 11 is 1.66. The molecule has 1 aliphatic heterocycles. The van der Waals surface area contributed by atoms with Crippen LogP contribution < -0.4 is 10.3 Å². The molecule has 0 bridgehead atoms. The van der Waals surface area contributed by atoms with Crippen LogP contribution in [0.15, 0.2) is 64.3 Å². The highest BCUT2D eigenvalue weighted by atomic mass is 32.2. The summed E-state index contributed by atoms with van der Waals surface area (Å²) in [5.74, 6) is 0.757. The maximum absolute atomic E-state index is 12.5. The predicted molar refractivity (Wildman–Crippen MR) is 89.6 cm³/mol. The van der Waals surface area contributed by atoms with Crippen molar-refractivity contribution >= 4 is 22.7 Å². The van der Waals surface area contributed by atoms with Gasteiger partial charge in [0.15, 0.2) is 5.44 Å². The number of aromatic nitrogens is 1. The first-order valence-corrected chi connectivity index (χ1v) is 8.11. The van der Waals surface area contributed by atoms with Gasteiger partial charge in [-0.05, 0) is 24.3 Å². The molecule has 0 N–H and O–H groups in total. The number of rotatable bonds is 2. The third-order valence-electron chi connectivity index (χ3n) is 3.98. The molecule has 0 amide bonds. The van der Waals surface area contributed by atoms with E-state index in [1.165, 1.54) is 0 Å². The summed E-state index contributed by atoms with van der Waals surface area (Å²) in [4.78, 5) is 13.7. The summed E-state index contributed by atoms with van der Waals surface area (Å²) in [7, 11) is 1.82. The van der Waals surface area contributed by atoms with Gasteiger partial charge in [-0.25, -0.2) is 0 Å². The monoisotopic (exact) mass is 309 g/mol. The van der Waals surface area contributed by atoms with Crippen LogP contribution in [-0.2, 0) is 13.5 Å². The maximum Gasteiger partial charge on any atom is 0.257 e. The Morgan fingerprint density at radius 1 is 1.09 bits per heavy atom. The summed E-state index contributed by atoms with van der Waals surface area (Å²) in [5, 5.41) is 1.01. The quantitative estimate of drug-likeness (QED) is 0.725. The molecule has 0 fully saturated rings. The van der Waals surface area contributed by atoms with Crippen LogP contribution in [0.25, 0.3) is 10.9 Å². The lowest BCUT2D eigenvalue weighted by Crippen LogP contribution is -2.20. The Morgan fingerprint density at radius 2 is 1.82 bits per heavy atom. The van der Waals surface area contributed by atoms with Crippen molar-refractivity contribution in [3.8, 4) is 5.75 Å². The summed E-state index contributed by atoms with van der Waals surface area (Å²) in [6.07, 6.45) is 0.645. The van der Waals surface area contributed by atoms with E-state index in [2.05, 4.69) is 12.1 Å². The molecule has 22 heavy (non-hydrogen) atoms. The molecule has 4 rings (SSSR count). The molecule has 1 aliphatic rings. The van der Waals surface area contributed by atoms with Gasteiger partial charge < -0.3 is 9.30 Å². The standard InChI is InChI=1S/C18H15NO2S/c1-19-15-10-6-5-9-13(15)17-14(18(19)20)11-16(21-17)22-12-7-3-2-4-8-12/h2-10,16H,11H2,1H3. The lowest BCUT2D eigenvalue weighted by molar-refractivity contribution is 0.326. The van der Waals surface area contributed by atoms with Crippen molar-refractivity contribution < 1.29 is 4.74 Å². The molecule has 0 radical (unpaired) electrons. The van der Waals surface area contributed by atoms with Crippen LogP contribution in [0.3, 0.4) is 0 Å². The van der Waals surface area contributed by atoms with Crippen molar-refractivity contribution in [1.29, 1.82) is 0 Å². The zero-order valence-electron chi connectivity index (χ0n) is 12.2. The van der Waals surface area contributed by atoms with Crippen LogP contribution in [-0.4, -0.2) is 10.0 Å². The summed E-state index contributed by atoms with van der Waals surface area (Å²) in [6, 6.07) is 18.0. The molecule has 2 aromatic carbocycles. The lowest BCUT2D eigenvalue weighted by atomic mass is 10.1. The first kappa shape index (κ1) is 13.5. The van der Waals surface area contributed by atoms with Crippen molar-refractivity contribution in [2.75, 3.05) is 0 Å². The number of pyridine rings is 1. The molecule has 0 saturated carbocycles. The molecule has 0 aliphatic carbocycles. The molecule has 3 aromatic rings. The fourth-order valence-corrected chi connectivity index (χ4v) is 3.91. The first-order chi connectivity index (χ1) is 10.7. The molecule has 1 atom stereocenters. The highest BCUT2D eigenvalue weighted by Gasteiger charge is 2.29. The van der Waals surface area contributed by atoms with Crippen molar-refractivity contribution in [3.05, 3.63) is 70.5 Å². The zero-order chi connectivity index (χ0) is 15.1. The van der Waals surface area contributed by atoms with E-state index >= 15 is 0 Å². The molecule has 110 valence electrons. The minimum atomic E-state index is -0.0455. The van der Waals surface area contributed by atoms with Crippen molar-refractivity contribution in [2.45, 2.75) is 16.8 Å². The average Bonchev–Trinajstić information content (AvgIpc) is 2.98. The third-order valence-corrected chi connectivity index (χ3v) is 5.05. The Kier molecular flexibility index (Phi) is 3.19. The van der Waals surface area contributed by atoms with E-state index in [4.69, 9.17) is 4.74 Å². The number of ether oxygens (including phenoxy) is 1. The third kappa shape index (κ3) is 2.11. The Morgan fingerprint density at radius 3 is 2.64 bits per heavy atom. The van der Waals surface area contributed by atoms with Crippen LogP contribution in [0.2, 0.25) is 0 Å². The Labute approximate surface area is 132 Å². The summed E-state index contributed by atoms with van der Waals surface area (Å²) in [6.45, 7) is 0. The molecule has 3 nitrogen and oxygen atoms in total. The summed E-state index contributed by atoms with van der Waals surface area (Å²) in [5.41, 5.74) is 1.70. The average molecular weight is 309 g/mol. The van der Waals surface area contributed by atoms with Gasteiger partial charge >= 0.3 is 0 Å². The molecule has 4 heteroatoms. The lowest BCUT2D eigenvalue weighted by Gasteiger charge is -2.11. The van der Waals surface area contributed by atoms with Gasteiger partial charge in [0.05, 0.1) is 11.1 Å². The fourth-order valence-electron chi connectivity index (χ4n) is 2.90. The van der Waals surface area contributed by atoms with Crippen LogP contribution in [0.4, 0.5) is 0 Å². The second-order valence-corrected chi connectivity index (χ2v) is 6.60. The molecule has 1 aromatic heterocycles. The molecular weight excluding hydrogens is 294 g/mol. The number of hydrogen-bond donors (Lipinski definition) is 0. The van der Waals surface area contributed by atoms with Crippen LogP contribution in [0.1, 0.15) is 5.56 Å². The van der Waals surface area contributed by atoms with Gasteiger partial charge in [-0.2, -0.15) is 0 Å². The van der Waals surface area contributed by atoms with Crippen molar-refractivity contribution in [2.24, 2.45) is 7.05 Å². The van der Waals surface area contributed by atoms with E-state index in [1.807, 2.05) is 49.5 Å². The second kappa shape index (κ2) is 5.21. The zero-order valence-corrected chi connectivity index (χ0v) is 13.0. The topological polar surface area (TPSA) is 31.2 Å². The predicted octanol–water partition coefficient (Wildman–Crippen LogP) is 3.59. The van der Waals surface area contributed by atoms with Crippen molar-refractivity contribution in [1.82, 2.24) is 4.57 Å². The minimum Gasteiger partial charge on any atom is -0.478 e. The number of thioether (sulfide) groups is 1. The highest BCUT2D eigenvalue weighted by molar-refractivity contribution is 7.99. The van der Waals surface area contributed by atoms with Gasteiger partial charge in [-0.3, -0.25) is 4.79 Å². The van der Waals surface area contributed by atoms with Gasteiger partial charge in [-0.15, -0.1) is 0 Å². The molecule has 2 heterocycles. The van der Waals surface area contributed by atoms with E-state index in [0.29, 0.717) is 6.42 Å². The molecule has 1 unspecified atom stereocenters. The fraction of sp³-hybridized carbons (Fsp3) is 0.167. The maximum atomic E-state index is 12.5. The second-order valence-electron chi connectivity index (χ2n) is 5.37. The van der Waals surface area contributed by atoms with E-state index in [1.54, 1.807) is 16.3 Å². The van der Waals surface area contributed by atoms with E-state index in [9.17, 15) is 4.79 Å².